The number of hydrogen-bond acceptors (Lipinski definition) is 2. The lowest BCUT2D eigenvalue weighted by molar-refractivity contribution is -0.144. The van der Waals surface area contributed by atoms with Crippen LogP contribution < -0.4 is 5.32 Å². The van der Waals surface area contributed by atoms with Crippen molar-refractivity contribution in [3.63, 3.8) is 0 Å². The van der Waals surface area contributed by atoms with Crippen LogP contribution in [0.15, 0.2) is 0 Å². The predicted octanol–water partition coefficient (Wildman–Crippen LogP) is 1.80. The standard InChI is InChI=1S/C14H21NO3/c1-3-6-12(4-2)15-13(16)10-7-5-8-11(9-10)14(17)18/h1,10-12H,4-9H2,2H3,(H,15,16)(H,17,18). The molecule has 1 aliphatic rings. The van der Waals surface area contributed by atoms with Crippen LogP contribution >= 0.6 is 0 Å². The Bertz CT molecular complexity index is 345. The first-order valence-electron chi connectivity index (χ1n) is 6.55. The van der Waals surface area contributed by atoms with E-state index in [4.69, 9.17) is 11.5 Å². The smallest absolute Gasteiger partial charge is 0.306 e. The maximum Gasteiger partial charge on any atom is 0.306 e. The lowest BCUT2D eigenvalue weighted by Crippen LogP contribution is -2.40. The Morgan fingerprint density at radius 1 is 1.44 bits per heavy atom. The fraction of sp³-hybridized carbons (Fsp3) is 0.714. The molecule has 0 saturated heterocycles. The van der Waals surface area contributed by atoms with Gasteiger partial charge in [0, 0.05) is 18.4 Å². The zero-order valence-electron chi connectivity index (χ0n) is 10.8. The molecule has 4 nitrogen and oxygen atoms in total. The summed E-state index contributed by atoms with van der Waals surface area (Å²) in [5.74, 6) is 1.17. The highest BCUT2D eigenvalue weighted by molar-refractivity contribution is 5.80. The van der Waals surface area contributed by atoms with Crippen molar-refractivity contribution in [2.45, 2.75) is 51.5 Å². The van der Waals surface area contributed by atoms with Crippen molar-refractivity contribution < 1.29 is 14.7 Å². The summed E-state index contributed by atoms with van der Waals surface area (Å²) in [5.41, 5.74) is 0. The second kappa shape index (κ2) is 7.05. The van der Waals surface area contributed by atoms with Gasteiger partial charge in [0.2, 0.25) is 5.91 Å². The summed E-state index contributed by atoms with van der Waals surface area (Å²) < 4.78 is 0. The molecule has 2 N–H and O–H groups in total. The molecule has 0 aromatic carbocycles. The third-order valence-electron chi connectivity index (χ3n) is 3.60. The average molecular weight is 251 g/mol. The average Bonchev–Trinajstić information content (AvgIpc) is 2.38. The van der Waals surface area contributed by atoms with Crippen LogP contribution in [0, 0.1) is 24.2 Å². The van der Waals surface area contributed by atoms with Gasteiger partial charge in [-0.1, -0.05) is 13.3 Å². The quantitative estimate of drug-likeness (QED) is 0.732. The van der Waals surface area contributed by atoms with Gasteiger partial charge in [0.25, 0.3) is 0 Å². The number of carbonyl (C=O) groups excluding carboxylic acids is 1. The van der Waals surface area contributed by atoms with E-state index in [0.29, 0.717) is 19.3 Å². The topological polar surface area (TPSA) is 66.4 Å². The predicted molar refractivity (Wildman–Crippen MR) is 68.8 cm³/mol. The van der Waals surface area contributed by atoms with E-state index in [2.05, 4.69) is 11.2 Å². The molecular formula is C14H21NO3. The minimum Gasteiger partial charge on any atom is -0.481 e. The van der Waals surface area contributed by atoms with E-state index >= 15 is 0 Å². The Kier molecular flexibility index (Phi) is 5.70. The number of terminal acetylenes is 1. The summed E-state index contributed by atoms with van der Waals surface area (Å²) >= 11 is 0. The third kappa shape index (κ3) is 4.06. The maximum atomic E-state index is 12.0. The molecule has 3 unspecified atom stereocenters. The molecule has 18 heavy (non-hydrogen) atoms. The Labute approximate surface area is 108 Å². The number of carboxylic acid groups (broad SMARTS) is 1. The Hall–Kier alpha value is -1.50. The van der Waals surface area contributed by atoms with Crippen LogP contribution in [-0.2, 0) is 9.59 Å². The fourth-order valence-corrected chi connectivity index (χ4v) is 2.41. The van der Waals surface area contributed by atoms with Crippen LogP contribution in [-0.4, -0.2) is 23.0 Å². The number of carboxylic acids is 1. The van der Waals surface area contributed by atoms with Gasteiger partial charge in [0.15, 0.2) is 0 Å². The first kappa shape index (κ1) is 14.6. The number of amides is 1. The van der Waals surface area contributed by atoms with E-state index in [1.54, 1.807) is 0 Å². The second-order valence-electron chi connectivity index (χ2n) is 4.92. The molecule has 100 valence electrons. The number of carbonyl (C=O) groups is 2. The van der Waals surface area contributed by atoms with Crippen LogP contribution in [0.5, 0.6) is 0 Å². The second-order valence-corrected chi connectivity index (χ2v) is 4.92. The lowest BCUT2D eigenvalue weighted by Gasteiger charge is -2.27. The van der Waals surface area contributed by atoms with E-state index in [1.807, 2.05) is 6.92 Å². The van der Waals surface area contributed by atoms with Gasteiger partial charge in [0.1, 0.15) is 0 Å². The Balaban J connectivity index is 2.50. The van der Waals surface area contributed by atoms with Crippen LogP contribution in [0.25, 0.3) is 0 Å². The summed E-state index contributed by atoms with van der Waals surface area (Å²) in [4.78, 5) is 23.0. The fourth-order valence-electron chi connectivity index (χ4n) is 2.41. The van der Waals surface area contributed by atoms with Crippen molar-refractivity contribution >= 4 is 11.9 Å². The number of aliphatic carboxylic acids is 1. The van der Waals surface area contributed by atoms with E-state index in [1.165, 1.54) is 0 Å². The number of nitrogens with one attached hydrogen (secondary N) is 1. The van der Waals surface area contributed by atoms with Gasteiger partial charge in [-0.3, -0.25) is 9.59 Å². The van der Waals surface area contributed by atoms with Crippen molar-refractivity contribution in [3.8, 4) is 12.3 Å². The molecule has 0 bridgehead atoms. The normalized spacial score (nSPS) is 24.9. The molecule has 0 radical (unpaired) electrons. The minimum absolute atomic E-state index is 0.00713. The summed E-state index contributed by atoms with van der Waals surface area (Å²) in [6, 6.07) is 0.00713. The summed E-state index contributed by atoms with van der Waals surface area (Å²) in [7, 11) is 0. The van der Waals surface area contributed by atoms with Gasteiger partial charge in [-0.15, -0.1) is 12.3 Å². The molecule has 0 spiro atoms. The molecular weight excluding hydrogens is 230 g/mol. The van der Waals surface area contributed by atoms with Crippen molar-refractivity contribution in [1.29, 1.82) is 0 Å². The van der Waals surface area contributed by atoms with Crippen molar-refractivity contribution in [1.82, 2.24) is 5.32 Å². The summed E-state index contributed by atoms with van der Waals surface area (Å²) in [6.07, 6.45) is 9.28. The zero-order chi connectivity index (χ0) is 13.5. The van der Waals surface area contributed by atoms with Crippen LogP contribution in [0.4, 0.5) is 0 Å². The molecule has 4 heteroatoms. The van der Waals surface area contributed by atoms with Crippen molar-refractivity contribution in [2.24, 2.45) is 11.8 Å². The first-order chi connectivity index (χ1) is 8.58. The summed E-state index contributed by atoms with van der Waals surface area (Å²) in [5, 5.41) is 11.9. The van der Waals surface area contributed by atoms with Crippen molar-refractivity contribution in [3.05, 3.63) is 0 Å². The van der Waals surface area contributed by atoms with E-state index in [-0.39, 0.29) is 23.8 Å². The molecule has 0 aromatic heterocycles. The van der Waals surface area contributed by atoms with Gasteiger partial charge in [0.05, 0.1) is 5.92 Å². The van der Waals surface area contributed by atoms with Crippen LogP contribution in [0.2, 0.25) is 0 Å². The first-order valence-corrected chi connectivity index (χ1v) is 6.55. The molecule has 1 rings (SSSR count). The van der Waals surface area contributed by atoms with Gasteiger partial charge < -0.3 is 10.4 Å². The molecule has 3 atom stereocenters. The molecule has 1 saturated carbocycles. The summed E-state index contributed by atoms with van der Waals surface area (Å²) in [6.45, 7) is 1.98. The van der Waals surface area contributed by atoms with E-state index in [9.17, 15) is 9.59 Å². The van der Waals surface area contributed by atoms with Gasteiger partial charge in [-0.05, 0) is 25.7 Å². The molecule has 0 aromatic rings. The molecule has 0 heterocycles. The molecule has 1 amide bonds. The SMILES string of the molecule is C#CCC(CC)NC(=O)C1CCCC(C(=O)O)C1. The Morgan fingerprint density at radius 3 is 2.67 bits per heavy atom. The minimum atomic E-state index is -0.789. The van der Waals surface area contributed by atoms with E-state index < -0.39 is 5.97 Å². The number of rotatable bonds is 5. The van der Waals surface area contributed by atoms with Crippen LogP contribution in [0.1, 0.15) is 45.4 Å². The zero-order valence-corrected chi connectivity index (χ0v) is 10.8. The van der Waals surface area contributed by atoms with Crippen LogP contribution in [0.3, 0.4) is 0 Å². The third-order valence-corrected chi connectivity index (χ3v) is 3.60. The highest BCUT2D eigenvalue weighted by Crippen LogP contribution is 2.29. The van der Waals surface area contributed by atoms with Gasteiger partial charge >= 0.3 is 5.97 Å². The highest BCUT2D eigenvalue weighted by atomic mass is 16.4. The van der Waals surface area contributed by atoms with Gasteiger partial charge in [-0.2, -0.15) is 0 Å². The molecule has 0 aliphatic heterocycles. The monoisotopic (exact) mass is 251 g/mol. The largest absolute Gasteiger partial charge is 0.481 e. The highest BCUT2D eigenvalue weighted by Gasteiger charge is 2.31. The van der Waals surface area contributed by atoms with E-state index in [0.717, 1.165) is 19.3 Å². The van der Waals surface area contributed by atoms with Gasteiger partial charge in [-0.25, -0.2) is 0 Å². The lowest BCUT2D eigenvalue weighted by atomic mass is 9.81. The van der Waals surface area contributed by atoms with Crippen molar-refractivity contribution in [2.75, 3.05) is 0 Å². The number of hydrogen-bond donors (Lipinski definition) is 2. The Morgan fingerprint density at radius 2 is 2.11 bits per heavy atom. The molecule has 1 fully saturated rings. The molecule has 1 aliphatic carbocycles. The maximum absolute atomic E-state index is 12.0.